The molecule has 0 aliphatic carbocycles. The highest BCUT2D eigenvalue weighted by atomic mass is 16.5. The molecule has 3 nitrogen and oxygen atoms in total. The number of esters is 1. The Morgan fingerprint density at radius 1 is 1.44 bits per heavy atom. The Hall–Kier alpha value is -1.82. The Morgan fingerprint density at radius 3 is 2.69 bits per heavy atom. The van der Waals surface area contributed by atoms with E-state index in [1.54, 1.807) is 6.92 Å². The van der Waals surface area contributed by atoms with Gasteiger partial charge in [-0.25, -0.2) is 11.4 Å². The Labute approximate surface area is 95.9 Å². The van der Waals surface area contributed by atoms with Gasteiger partial charge in [-0.1, -0.05) is 30.3 Å². The average molecular weight is 217 g/mol. The van der Waals surface area contributed by atoms with E-state index >= 15 is 0 Å². The summed E-state index contributed by atoms with van der Waals surface area (Å²) >= 11 is 0. The van der Waals surface area contributed by atoms with Crippen molar-refractivity contribution in [2.24, 2.45) is 0 Å². The van der Waals surface area contributed by atoms with Gasteiger partial charge in [0.1, 0.15) is 0 Å². The van der Waals surface area contributed by atoms with Crippen LogP contribution in [0.15, 0.2) is 30.3 Å². The zero-order valence-corrected chi connectivity index (χ0v) is 9.35. The molecule has 1 atom stereocenters. The molecule has 0 radical (unpaired) electrons. The first-order valence-corrected chi connectivity index (χ1v) is 5.35. The average Bonchev–Trinajstić information content (AvgIpc) is 2.31. The fourth-order valence-corrected chi connectivity index (χ4v) is 1.42. The van der Waals surface area contributed by atoms with Crippen LogP contribution in [0, 0.1) is 6.57 Å². The minimum Gasteiger partial charge on any atom is -0.460 e. The third kappa shape index (κ3) is 3.74. The predicted molar refractivity (Wildman–Crippen MR) is 61.8 cm³/mol. The quantitative estimate of drug-likeness (QED) is 0.560. The van der Waals surface area contributed by atoms with Crippen molar-refractivity contribution < 1.29 is 9.53 Å². The Morgan fingerprint density at radius 2 is 2.12 bits per heavy atom. The second-order valence-corrected chi connectivity index (χ2v) is 3.42. The lowest BCUT2D eigenvalue weighted by molar-refractivity contribution is -0.143. The van der Waals surface area contributed by atoms with E-state index < -0.39 is 12.0 Å². The molecule has 16 heavy (non-hydrogen) atoms. The normalized spacial score (nSPS) is 11.5. The van der Waals surface area contributed by atoms with Gasteiger partial charge in [-0.15, -0.1) is 0 Å². The van der Waals surface area contributed by atoms with Gasteiger partial charge in [0, 0.05) is 6.42 Å². The van der Waals surface area contributed by atoms with Crippen LogP contribution >= 0.6 is 0 Å². The van der Waals surface area contributed by atoms with Crippen molar-refractivity contribution in [2.75, 3.05) is 6.61 Å². The lowest BCUT2D eigenvalue weighted by atomic mass is 10.1. The first kappa shape index (κ1) is 12.3. The van der Waals surface area contributed by atoms with Crippen molar-refractivity contribution in [3.63, 3.8) is 0 Å². The first-order valence-electron chi connectivity index (χ1n) is 5.35. The van der Waals surface area contributed by atoms with Crippen LogP contribution < -0.4 is 0 Å². The van der Waals surface area contributed by atoms with Crippen LogP contribution in [-0.4, -0.2) is 18.6 Å². The van der Waals surface area contributed by atoms with Gasteiger partial charge >= 0.3 is 12.0 Å². The Balaban J connectivity index is 2.47. The van der Waals surface area contributed by atoms with Crippen molar-refractivity contribution in [3.05, 3.63) is 47.3 Å². The summed E-state index contributed by atoms with van der Waals surface area (Å²) in [5.74, 6) is -0.409. The maximum Gasteiger partial charge on any atom is 0.390 e. The molecule has 0 amide bonds. The standard InChI is InChI=1S/C13H15NO2/c1-3-16-13(15)12(14-2)10-9-11-7-5-4-6-8-11/h4-8,12H,3,9-10H2,1H3/t12-/m1/s1. The van der Waals surface area contributed by atoms with Gasteiger partial charge in [-0.2, -0.15) is 0 Å². The molecule has 3 heteroatoms. The summed E-state index contributed by atoms with van der Waals surface area (Å²) in [6, 6.07) is 9.17. The zero-order chi connectivity index (χ0) is 11.8. The first-order chi connectivity index (χ1) is 7.77. The summed E-state index contributed by atoms with van der Waals surface area (Å²) in [5.41, 5.74) is 1.14. The van der Waals surface area contributed by atoms with Crippen LogP contribution in [0.4, 0.5) is 0 Å². The summed E-state index contributed by atoms with van der Waals surface area (Å²) in [7, 11) is 0. The highest BCUT2D eigenvalue weighted by molar-refractivity contribution is 5.77. The predicted octanol–water partition coefficient (Wildman–Crippen LogP) is 2.47. The maximum absolute atomic E-state index is 11.4. The van der Waals surface area contributed by atoms with Crippen LogP contribution in [0.2, 0.25) is 0 Å². The lowest BCUT2D eigenvalue weighted by Gasteiger charge is -2.05. The minimum absolute atomic E-state index is 0.330. The van der Waals surface area contributed by atoms with Gasteiger partial charge < -0.3 is 9.58 Å². The fourth-order valence-electron chi connectivity index (χ4n) is 1.42. The summed E-state index contributed by atoms with van der Waals surface area (Å²) in [4.78, 5) is 14.7. The molecule has 0 bridgehead atoms. The van der Waals surface area contributed by atoms with E-state index in [-0.39, 0.29) is 0 Å². The summed E-state index contributed by atoms with van der Waals surface area (Å²) < 4.78 is 4.83. The van der Waals surface area contributed by atoms with Crippen LogP contribution in [0.3, 0.4) is 0 Å². The van der Waals surface area contributed by atoms with Crippen molar-refractivity contribution in [1.82, 2.24) is 0 Å². The maximum atomic E-state index is 11.4. The topological polar surface area (TPSA) is 30.7 Å². The zero-order valence-electron chi connectivity index (χ0n) is 9.35. The number of hydrogen-bond donors (Lipinski definition) is 0. The second-order valence-electron chi connectivity index (χ2n) is 3.42. The van der Waals surface area contributed by atoms with E-state index in [1.807, 2.05) is 30.3 Å². The minimum atomic E-state index is -0.667. The third-order valence-corrected chi connectivity index (χ3v) is 2.26. The molecule has 0 N–H and O–H groups in total. The molecule has 0 unspecified atom stereocenters. The molecule has 0 fully saturated rings. The van der Waals surface area contributed by atoms with Gasteiger partial charge in [0.25, 0.3) is 0 Å². The molecule has 1 rings (SSSR count). The van der Waals surface area contributed by atoms with E-state index in [4.69, 9.17) is 11.3 Å². The number of aryl methyl sites for hydroxylation is 1. The Kier molecular flexibility index (Phi) is 5.07. The number of nitrogens with zero attached hydrogens (tertiary/aromatic N) is 1. The number of ether oxygens (including phenoxy) is 1. The van der Waals surface area contributed by atoms with Gasteiger partial charge in [-0.05, 0) is 18.9 Å². The largest absolute Gasteiger partial charge is 0.460 e. The summed E-state index contributed by atoms with van der Waals surface area (Å²) in [6.07, 6.45) is 1.25. The highest BCUT2D eigenvalue weighted by Gasteiger charge is 2.24. The van der Waals surface area contributed by atoms with E-state index in [9.17, 15) is 4.79 Å². The van der Waals surface area contributed by atoms with Crippen molar-refractivity contribution in [3.8, 4) is 0 Å². The molecule has 0 aromatic heterocycles. The molecule has 0 spiro atoms. The van der Waals surface area contributed by atoms with Gasteiger partial charge in [-0.3, -0.25) is 0 Å². The highest BCUT2D eigenvalue weighted by Crippen LogP contribution is 2.08. The van der Waals surface area contributed by atoms with Crippen LogP contribution in [-0.2, 0) is 16.0 Å². The summed E-state index contributed by atoms with van der Waals surface area (Å²) in [6.45, 7) is 9.03. The molecule has 0 saturated heterocycles. The van der Waals surface area contributed by atoms with Crippen molar-refractivity contribution in [1.29, 1.82) is 0 Å². The molecule has 1 aromatic carbocycles. The van der Waals surface area contributed by atoms with E-state index in [2.05, 4.69) is 4.85 Å². The van der Waals surface area contributed by atoms with Gasteiger partial charge in [0.2, 0.25) is 0 Å². The van der Waals surface area contributed by atoms with Crippen LogP contribution in [0.5, 0.6) is 0 Å². The van der Waals surface area contributed by atoms with Crippen molar-refractivity contribution in [2.45, 2.75) is 25.8 Å². The molecule has 0 saturated carbocycles. The van der Waals surface area contributed by atoms with E-state index in [1.165, 1.54) is 0 Å². The van der Waals surface area contributed by atoms with Crippen LogP contribution in [0.25, 0.3) is 4.85 Å². The smallest absolute Gasteiger partial charge is 0.390 e. The molecule has 1 aromatic rings. The molecular weight excluding hydrogens is 202 g/mol. The van der Waals surface area contributed by atoms with E-state index in [0.717, 1.165) is 12.0 Å². The SMILES string of the molecule is [C-]#[N+][C@H](CCc1ccccc1)C(=O)OCC. The van der Waals surface area contributed by atoms with Crippen molar-refractivity contribution >= 4 is 5.97 Å². The Bertz CT molecular complexity index is 367. The number of rotatable bonds is 5. The lowest BCUT2D eigenvalue weighted by Crippen LogP contribution is -2.20. The number of benzene rings is 1. The van der Waals surface area contributed by atoms with E-state index in [0.29, 0.717) is 13.0 Å². The second kappa shape index (κ2) is 6.62. The molecule has 0 aliphatic rings. The molecule has 84 valence electrons. The van der Waals surface area contributed by atoms with Gasteiger partial charge in [0.05, 0.1) is 6.61 Å². The van der Waals surface area contributed by atoms with Crippen LogP contribution in [0.1, 0.15) is 18.9 Å². The number of hydrogen-bond acceptors (Lipinski definition) is 2. The number of carbonyl (C=O) groups is 1. The molecule has 0 heterocycles. The molecule has 0 aliphatic heterocycles. The molecular formula is C13H15NO2. The fraction of sp³-hybridized carbons (Fsp3) is 0.385. The monoisotopic (exact) mass is 217 g/mol. The number of carbonyl (C=O) groups excluding carboxylic acids is 1. The third-order valence-electron chi connectivity index (χ3n) is 2.26. The summed E-state index contributed by atoms with van der Waals surface area (Å²) in [5, 5.41) is 0. The van der Waals surface area contributed by atoms with Gasteiger partial charge in [0.15, 0.2) is 0 Å².